The van der Waals surface area contributed by atoms with Crippen molar-refractivity contribution in [2.24, 2.45) is 11.1 Å². The molecule has 0 unspecified atom stereocenters. The summed E-state index contributed by atoms with van der Waals surface area (Å²) in [4.78, 5) is 11.7. The van der Waals surface area contributed by atoms with E-state index in [4.69, 9.17) is 10.5 Å². The van der Waals surface area contributed by atoms with Gasteiger partial charge in [-0.05, 0) is 31.2 Å². The van der Waals surface area contributed by atoms with Gasteiger partial charge in [-0.1, -0.05) is 32.6 Å². The van der Waals surface area contributed by atoms with Crippen molar-refractivity contribution in [1.82, 2.24) is 0 Å². The van der Waals surface area contributed by atoms with Crippen LogP contribution in [0.3, 0.4) is 0 Å². The van der Waals surface area contributed by atoms with E-state index in [1.165, 1.54) is 19.3 Å². The number of rotatable bonds is 6. The zero-order chi connectivity index (χ0) is 11.9. The summed E-state index contributed by atoms with van der Waals surface area (Å²) in [7, 11) is 0. The molecule has 2 N–H and O–H groups in total. The molecule has 1 fully saturated rings. The average molecular weight is 227 g/mol. The minimum atomic E-state index is -0.0548. The minimum absolute atomic E-state index is 0.0432. The molecule has 0 aromatic carbocycles. The first-order valence-electron chi connectivity index (χ1n) is 6.58. The van der Waals surface area contributed by atoms with E-state index in [-0.39, 0.29) is 11.4 Å². The highest BCUT2D eigenvalue weighted by atomic mass is 16.5. The molecule has 0 radical (unpaired) electrons. The second-order valence-corrected chi connectivity index (χ2v) is 5.02. The van der Waals surface area contributed by atoms with E-state index in [0.29, 0.717) is 19.6 Å². The second kappa shape index (κ2) is 6.89. The van der Waals surface area contributed by atoms with Crippen molar-refractivity contribution in [1.29, 1.82) is 0 Å². The molecule has 1 aliphatic rings. The lowest BCUT2D eigenvalue weighted by atomic mass is 9.72. The lowest BCUT2D eigenvalue weighted by Gasteiger charge is -2.35. The van der Waals surface area contributed by atoms with E-state index in [0.717, 1.165) is 25.7 Å². The van der Waals surface area contributed by atoms with Gasteiger partial charge in [-0.2, -0.15) is 0 Å². The molecule has 0 bridgehead atoms. The summed E-state index contributed by atoms with van der Waals surface area (Å²) in [5, 5.41) is 0. The van der Waals surface area contributed by atoms with Gasteiger partial charge >= 0.3 is 5.97 Å². The number of esters is 1. The molecule has 0 aromatic rings. The van der Waals surface area contributed by atoms with Crippen LogP contribution in [0.15, 0.2) is 0 Å². The Kier molecular flexibility index (Phi) is 5.81. The molecule has 0 atom stereocenters. The molecule has 0 aliphatic heterocycles. The highest BCUT2D eigenvalue weighted by Gasteiger charge is 2.33. The van der Waals surface area contributed by atoms with Crippen LogP contribution in [0.25, 0.3) is 0 Å². The van der Waals surface area contributed by atoms with Crippen LogP contribution >= 0.6 is 0 Å². The summed E-state index contributed by atoms with van der Waals surface area (Å²) in [5.41, 5.74) is 5.88. The lowest BCUT2D eigenvalue weighted by molar-refractivity contribution is -0.147. The molecule has 0 heterocycles. The topological polar surface area (TPSA) is 52.3 Å². The Hall–Kier alpha value is -0.570. The number of ether oxygens (including phenoxy) is 1. The first kappa shape index (κ1) is 13.5. The van der Waals surface area contributed by atoms with Crippen LogP contribution in [0.4, 0.5) is 0 Å². The summed E-state index contributed by atoms with van der Waals surface area (Å²) < 4.78 is 5.22. The van der Waals surface area contributed by atoms with E-state index in [9.17, 15) is 4.79 Å². The van der Waals surface area contributed by atoms with E-state index >= 15 is 0 Å². The Morgan fingerprint density at radius 2 is 2.00 bits per heavy atom. The fraction of sp³-hybridized carbons (Fsp3) is 0.923. The fourth-order valence-electron chi connectivity index (χ4n) is 2.44. The van der Waals surface area contributed by atoms with Gasteiger partial charge in [0.1, 0.15) is 0 Å². The molecule has 1 rings (SSSR count). The predicted octanol–water partition coefficient (Wildman–Crippen LogP) is 2.63. The van der Waals surface area contributed by atoms with Crippen LogP contribution in [-0.2, 0) is 9.53 Å². The molecular weight excluding hydrogens is 202 g/mol. The second-order valence-electron chi connectivity index (χ2n) is 5.02. The van der Waals surface area contributed by atoms with Crippen LogP contribution in [0.2, 0.25) is 0 Å². The number of carbonyl (C=O) groups excluding carboxylic acids is 1. The van der Waals surface area contributed by atoms with Gasteiger partial charge in [0, 0.05) is 0 Å². The molecule has 0 spiro atoms. The van der Waals surface area contributed by atoms with Crippen LogP contribution < -0.4 is 5.73 Å². The van der Waals surface area contributed by atoms with Crippen molar-refractivity contribution in [2.75, 3.05) is 13.2 Å². The van der Waals surface area contributed by atoms with Crippen LogP contribution in [0, 0.1) is 5.41 Å². The van der Waals surface area contributed by atoms with Crippen molar-refractivity contribution in [3.05, 3.63) is 0 Å². The average Bonchev–Trinajstić information content (AvgIpc) is 2.30. The predicted molar refractivity (Wildman–Crippen MR) is 65.1 cm³/mol. The van der Waals surface area contributed by atoms with Crippen molar-refractivity contribution in [2.45, 2.75) is 58.3 Å². The van der Waals surface area contributed by atoms with E-state index in [1.54, 1.807) is 0 Å². The number of nitrogens with two attached hydrogens (primary N) is 1. The van der Waals surface area contributed by atoms with Crippen LogP contribution in [0.5, 0.6) is 0 Å². The zero-order valence-electron chi connectivity index (χ0n) is 10.5. The normalized spacial score (nSPS) is 19.4. The first-order chi connectivity index (χ1) is 7.72. The lowest BCUT2D eigenvalue weighted by Crippen LogP contribution is -2.35. The Balaban J connectivity index is 2.33. The van der Waals surface area contributed by atoms with Crippen molar-refractivity contribution < 1.29 is 9.53 Å². The Bertz CT molecular complexity index is 210. The summed E-state index contributed by atoms with van der Waals surface area (Å²) in [5.74, 6) is -0.0548. The molecule has 0 aromatic heterocycles. The summed E-state index contributed by atoms with van der Waals surface area (Å²) >= 11 is 0. The highest BCUT2D eigenvalue weighted by Crippen LogP contribution is 2.38. The van der Waals surface area contributed by atoms with E-state index in [2.05, 4.69) is 6.92 Å². The SMILES string of the molecule is CCCCOC(=O)CC1(CN)CCCCC1. The highest BCUT2D eigenvalue weighted by molar-refractivity contribution is 5.70. The summed E-state index contributed by atoms with van der Waals surface area (Å²) in [6, 6.07) is 0. The van der Waals surface area contributed by atoms with Gasteiger partial charge < -0.3 is 10.5 Å². The largest absolute Gasteiger partial charge is 0.466 e. The molecule has 3 heteroatoms. The molecule has 1 aliphatic carbocycles. The van der Waals surface area contributed by atoms with E-state index in [1.807, 2.05) is 0 Å². The molecular formula is C13H25NO2. The Morgan fingerprint density at radius 3 is 2.56 bits per heavy atom. The van der Waals surface area contributed by atoms with Gasteiger partial charge in [0.2, 0.25) is 0 Å². The maximum atomic E-state index is 11.7. The first-order valence-corrected chi connectivity index (χ1v) is 6.58. The zero-order valence-corrected chi connectivity index (χ0v) is 10.5. The van der Waals surface area contributed by atoms with Crippen LogP contribution in [-0.4, -0.2) is 19.1 Å². The molecule has 1 saturated carbocycles. The minimum Gasteiger partial charge on any atom is -0.466 e. The molecule has 94 valence electrons. The Morgan fingerprint density at radius 1 is 1.31 bits per heavy atom. The maximum absolute atomic E-state index is 11.7. The number of unbranched alkanes of at least 4 members (excludes halogenated alkanes) is 1. The standard InChI is InChI=1S/C13H25NO2/c1-2-3-9-16-12(15)10-13(11-14)7-5-4-6-8-13/h2-11,14H2,1H3. The third-order valence-electron chi connectivity index (χ3n) is 3.63. The third kappa shape index (κ3) is 4.12. The van der Waals surface area contributed by atoms with Crippen LogP contribution in [0.1, 0.15) is 58.3 Å². The quantitative estimate of drug-likeness (QED) is 0.560. The summed E-state index contributed by atoms with van der Waals surface area (Å²) in [6.45, 7) is 3.28. The number of hydrogen-bond acceptors (Lipinski definition) is 3. The van der Waals surface area contributed by atoms with E-state index < -0.39 is 0 Å². The third-order valence-corrected chi connectivity index (χ3v) is 3.63. The van der Waals surface area contributed by atoms with Gasteiger partial charge in [0.05, 0.1) is 13.0 Å². The van der Waals surface area contributed by atoms with Crippen molar-refractivity contribution in [3.63, 3.8) is 0 Å². The number of carbonyl (C=O) groups is 1. The van der Waals surface area contributed by atoms with Gasteiger partial charge in [-0.15, -0.1) is 0 Å². The van der Waals surface area contributed by atoms with Gasteiger partial charge in [0.25, 0.3) is 0 Å². The monoisotopic (exact) mass is 227 g/mol. The van der Waals surface area contributed by atoms with Crippen molar-refractivity contribution >= 4 is 5.97 Å². The van der Waals surface area contributed by atoms with Gasteiger partial charge in [-0.25, -0.2) is 0 Å². The molecule has 16 heavy (non-hydrogen) atoms. The molecule has 3 nitrogen and oxygen atoms in total. The smallest absolute Gasteiger partial charge is 0.306 e. The fourth-order valence-corrected chi connectivity index (χ4v) is 2.44. The maximum Gasteiger partial charge on any atom is 0.306 e. The Labute approximate surface area is 98.7 Å². The molecule has 0 saturated heterocycles. The number of hydrogen-bond donors (Lipinski definition) is 1. The van der Waals surface area contributed by atoms with Gasteiger partial charge in [0.15, 0.2) is 0 Å². The molecule has 0 amide bonds. The van der Waals surface area contributed by atoms with Gasteiger partial charge in [-0.3, -0.25) is 4.79 Å². The summed E-state index contributed by atoms with van der Waals surface area (Å²) in [6.07, 6.45) is 8.42. The van der Waals surface area contributed by atoms with Crippen molar-refractivity contribution in [3.8, 4) is 0 Å².